The summed E-state index contributed by atoms with van der Waals surface area (Å²) < 4.78 is 18.0. The third kappa shape index (κ3) is 2.21. The molecule has 2 N–H and O–H groups in total. The van der Waals surface area contributed by atoms with E-state index >= 15 is 0 Å². The Labute approximate surface area is 80.6 Å². The minimum Gasteiger partial charge on any atom is -0.461 e. The van der Waals surface area contributed by atoms with Gasteiger partial charge in [0.25, 0.3) is 0 Å². The molecule has 0 atom stereocenters. The standard InChI is InChI=1S/C8H12FN3O2/c1-2-14-8(13)6-5-7(10)11-12(6)4-3-9/h5H,2-4H2,1H3,(H2,10,11). The van der Waals surface area contributed by atoms with Crippen LogP contribution in [-0.4, -0.2) is 29.0 Å². The smallest absolute Gasteiger partial charge is 0.356 e. The summed E-state index contributed by atoms with van der Waals surface area (Å²) in [5, 5.41) is 3.76. The van der Waals surface area contributed by atoms with Crippen LogP contribution in [0.1, 0.15) is 17.4 Å². The van der Waals surface area contributed by atoms with Crippen LogP contribution in [0.2, 0.25) is 0 Å². The summed E-state index contributed by atoms with van der Waals surface area (Å²) in [6, 6.07) is 1.37. The molecule has 14 heavy (non-hydrogen) atoms. The maximum absolute atomic E-state index is 12.1. The predicted octanol–water partition coefficient (Wildman–Crippen LogP) is 0.612. The van der Waals surface area contributed by atoms with Crippen LogP contribution in [0.25, 0.3) is 0 Å². The van der Waals surface area contributed by atoms with Crippen LogP contribution >= 0.6 is 0 Å². The maximum Gasteiger partial charge on any atom is 0.356 e. The van der Waals surface area contributed by atoms with Gasteiger partial charge in [-0.2, -0.15) is 5.10 Å². The van der Waals surface area contributed by atoms with Gasteiger partial charge in [0.1, 0.15) is 18.2 Å². The number of anilines is 1. The highest BCUT2D eigenvalue weighted by Gasteiger charge is 2.14. The molecule has 0 fully saturated rings. The normalized spacial score (nSPS) is 10.1. The van der Waals surface area contributed by atoms with Crippen LogP contribution in [0.15, 0.2) is 6.07 Å². The van der Waals surface area contributed by atoms with Crippen LogP contribution in [0.3, 0.4) is 0 Å². The van der Waals surface area contributed by atoms with Gasteiger partial charge in [0, 0.05) is 6.07 Å². The van der Waals surface area contributed by atoms with E-state index in [4.69, 9.17) is 10.5 Å². The number of hydrogen-bond acceptors (Lipinski definition) is 4. The molecule has 78 valence electrons. The van der Waals surface area contributed by atoms with Crippen molar-refractivity contribution >= 4 is 11.8 Å². The number of esters is 1. The van der Waals surface area contributed by atoms with Gasteiger partial charge in [-0.05, 0) is 6.92 Å². The molecule has 1 heterocycles. The van der Waals surface area contributed by atoms with Crippen LogP contribution < -0.4 is 5.73 Å². The molecule has 5 nitrogen and oxygen atoms in total. The molecule has 6 heteroatoms. The summed E-state index contributed by atoms with van der Waals surface area (Å²) in [6.45, 7) is 1.36. The van der Waals surface area contributed by atoms with E-state index in [-0.39, 0.29) is 24.7 Å². The first kappa shape index (κ1) is 10.5. The first-order valence-corrected chi connectivity index (χ1v) is 4.25. The topological polar surface area (TPSA) is 70.1 Å². The number of aromatic nitrogens is 2. The van der Waals surface area contributed by atoms with Crippen molar-refractivity contribution in [2.45, 2.75) is 13.5 Å². The van der Waals surface area contributed by atoms with Gasteiger partial charge in [0.15, 0.2) is 0 Å². The van der Waals surface area contributed by atoms with E-state index in [1.165, 1.54) is 10.7 Å². The number of rotatable bonds is 4. The lowest BCUT2D eigenvalue weighted by Gasteiger charge is -2.03. The zero-order chi connectivity index (χ0) is 10.6. The van der Waals surface area contributed by atoms with Gasteiger partial charge >= 0.3 is 5.97 Å². The highest BCUT2D eigenvalue weighted by Crippen LogP contribution is 2.07. The van der Waals surface area contributed by atoms with Crippen molar-refractivity contribution in [1.82, 2.24) is 9.78 Å². The molecule has 1 aromatic rings. The molecule has 0 aliphatic carbocycles. The lowest BCUT2D eigenvalue weighted by atomic mass is 10.4. The molecule has 0 aromatic carbocycles. The van der Waals surface area contributed by atoms with Gasteiger partial charge in [0.2, 0.25) is 0 Å². The molecule has 0 saturated heterocycles. The fourth-order valence-electron chi connectivity index (χ4n) is 1.06. The summed E-state index contributed by atoms with van der Waals surface area (Å²) in [5.41, 5.74) is 5.56. The summed E-state index contributed by atoms with van der Waals surface area (Å²) in [5.74, 6) is -0.355. The molecule has 0 saturated carbocycles. The van der Waals surface area contributed by atoms with Crippen LogP contribution in [-0.2, 0) is 11.3 Å². The number of ether oxygens (including phenoxy) is 1. The highest BCUT2D eigenvalue weighted by atomic mass is 19.1. The van der Waals surface area contributed by atoms with E-state index in [1.807, 2.05) is 0 Å². The SMILES string of the molecule is CCOC(=O)c1cc(N)nn1CCF. The Bertz CT molecular complexity index is 324. The minimum absolute atomic E-state index is 0.00531. The van der Waals surface area contributed by atoms with Crippen molar-refractivity contribution in [2.75, 3.05) is 19.0 Å². The van der Waals surface area contributed by atoms with Crippen LogP contribution in [0.5, 0.6) is 0 Å². The first-order chi connectivity index (χ1) is 6.69. The van der Waals surface area contributed by atoms with Gasteiger partial charge in [-0.1, -0.05) is 0 Å². The number of aryl methyl sites for hydroxylation is 1. The van der Waals surface area contributed by atoms with E-state index in [1.54, 1.807) is 6.92 Å². The van der Waals surface area contributed by atoms with Gasteiger partial charge in [-0.3, -0.25) is 4.68 Å². The zero-order valence-electron chi connectivity index (χ0n) is 7.86. The monoisotopic (exact) mass is 201 g/mol. The Morgan fingerprint density at radius 3 is 3.07 bits per heavy atom. The van der Waals surface area contributed by atoms with Crippen LogP contribution in [0.4, 0.5) is 10.2 Å². The number of carbonyl (C=O) groups is 1. The summed E-state index contributed by atoms with van der Waals surface area (Å²) in [6.07, 6.45) is 0. The molecular weight excluding hydrogens is 189 g/mol. The number of alkyl halides is 1. The van der Waals surface area contributed by atoms with E-state index < -0.39 is 12.6 Å². The summed E-state index contributed by atoms with van der Waals surface area (Å²) in [4.78, 5) is 11.3. The Morgan fingerprint density at radius 1 is 1.79 bits per heavy atom. The predicted molar refractivity (Wildman–Crippen MR) is 48.6 cm³/mol. The maximum atomic E-state index is 12.1. The van der Waals surface area contributed by atoms with E-state index in [2.05, 4.69) is 5.10 Å². The number of nitrogens with two attached hydrogens (primary N) is 1. The fraction of sp³-hybridized carbons (Fsp3) is 0.500. The molecule has 0 unspecified atom stereocenters. The van der Waals surface area contributed by atoms with Gasteiger partial charge in [0.05, 0.1) is 13.2 Å². The second-order valence-electron chi connectivity index (χ2n) is 2.59. The van der Waals surface area contributed by atoms with E-state index in [0.29, 0.717) is 0 Å². The first-order valence-electron chi connectivity index (χ1n) is 4.25. The molecular formula is C8H12FN3O2. The van der Waals surface area contributed by atoms with Gasteiger partial charge in [-0.15, -0.1) is 0 Å². The third-order valence-corrected chi connectivity index (χ3v) is 1.58. The number of hydrogen-bond donors (Lipinski definition) is 1. The zero-order valence-corrected chi connectivity index (χ0v) is 7.86. The minimum atomic E-state index is -0.604. The second-order valence-corrected chi connectivity index (χ2v) is 2.59. The second kappa shape index (κ2) is 4.59. The molecule has 0 amide bonds. The average molecular weight is 201 g/mol. The molecule has 0 aliphatic rings. The Balaban J connectivity index is 2.88. The number of nitrogens with zero attached hydrogens (tertiary/aromatic N) is 2. The Hall–Kier alpha value is -1.59. The number of nitrogen functional groups attached to an aromatic ring is 1. The van der Waals surface area contributed by atoms with Crippen LogP contribution in [0, 0.1) is 0 Å². The Morgan fingerprint density at radius 2 is 2.50 bits per heavy atom. The van der Waals surface area contributed by atoms with E-state index in [0.717, 1.165) is 0 Å². The van der Waals surface area contributed by atoms with Crippen molar-refractivity contribution in [3.63, 3.8) is 0 Å². The molecule has 1 rings (SSSR count). The molecule has 0 bridgehead atoms. The lowest BCUT2D eigenvalue weighted by molar-refractivity contribution is 0.0511. The number of halogens is 1. The molecule has 0 spiro atoms. The third-order valence-electron chi connectivity index (χ3n) is 1.58. The summed E-state index contributed by atoms with van der Waals surface area (Å²) >= 11 is 0. The largest absolute Gasteiger partial charge is 0.461 e. The molecule has 1 aromatic heterocycles. The lowest BCUT2D eigenvalue weighted by Crippen LogP contribution is -2.14. The quantitative estimate of drug-likeness (QED) is 0.724. The highest BCUT2D eigenvalue weighted by molar-refractivity contribution is 5.88. The van der Waals surface area contributed by atoms with Crippen molar-refractivity contribution in [3.8, 4) is 0 Å². The molecule has 0 aliphatic heterocycles. The van der Waals surface area contributed by atoms with Crippen molar-refractivity contribution in [1.29, 1.82) is 0 Å². The van der Waals surface area contributed by atoms with Gasteiger partial charge < -0.3 is 10.5 Å². The average Bonchev–Trinajstić information content (AvgIpc) is 2.48. The van der Waals surface area contributed by atoms with Crippen molar-refractivity contribution in [3.05, 3.63) is 11.8 Å². The van der Waals surface area contributed by atoms with Crippen molar-refractivity contribution < 1.29 is 13.9 Å². The summed E-state index contributed by atoms with van der Waals surface area (Å²) in [7, 11) is 0. The van der Waals surface area contributed by atoms with Crippen molar-refractivity contribution in [2.24, 2.45) is 0 Å². The molecule has 0 radical (unpaired) electrons. The number of carbonyl (C=O) groups excluding carboxylic acids is 1. The fourth-order valence-corrected chi connectivity index (χ4v) is 1.06. The van der Waals surface area contributed by atoms with Gasteiger partial charge in [-0.25, -0.2) is 9.18 Å². The Kier molecular flexibility index (Phi) is 3.44. The van der Waals surface area contributed by atoms with E-state index in [9.17, 15) is 9.18 Å².